The third-order valence-electron chi connectivity index (χ3n) is 22.8. The number of hydrogen-bond donors (Lipinski definition) is 3. The van der Waals surface area contributed by atoms with Crippen LogP contribution in [0.25, 0.3) is 11.6 Å². The zero-order chi connectivity index (χ0) is 45.1. The van der Waals surface area contributed by atoms with Crippen molar-refractivity contribution in [3.63, 3.8) is 0 Å². The van der Waals surface area contributed by atoms with Gasteiger partial charge in [0, 0.05) is 57.1 Å². The van der Waals surface area contributed by atoms with E-state index in [1.54, 1.807) is 0 Å². The molecule has 0 radical (unpaired) electrons. The van der Waals surface area contributed by atoms with Crippen molar-refractivity contribution in [1.82, 2.24) is 0 Å². The summed E-state index contributed by atoms with van der Waals surface area (Å²) in [5, 5.41) is 34.3. The Kier molecular flexibility index (Phi) is 8.31. The summed E-state index contributed by atoms with van der Waals surface area (Å²) in [5.41, 5.74) is 5.77. The van der Waals surface area contributed by atoms with Crippen LogP contribution in [-0.2, 0) is 15.0 Å². The maximum atomic E-state index is 13.3. The number of ether oxygens (including phenoxy) is 2. The quantitative estimate of drug-likeness (QED) is 0.226. The normalized spacial score (nSPS) is 48.7. The molecule has 0 amide bonds. The Balaban J connectivity index is 1.05. The van der Waals surface area contributed by atoms with Crippen molar-refractivity contribution in [2.24, 2.45) is 67.5 Å². The lowest BCUT2D eigenvalue weighted by atomic mass is 9.32. The van der Waals surface area contributed by atoms with E-state index in [9.17, 15) is 24.9 Å². The van der Waals surface area contributed by atoms with Gasteiger partial charge in [0.25, 0.3) is 0 Å². The summed E-state index contributed by atoms with van der Waals surface area (Å²) < 4.78 is 15.2. The Morgan fingerprint density at radius 2 is 1.46 bits per heavy atom. The van der Waals surface area contributed by atoms with Crippen molar-refractivity contribution >= 4 is 23.2 Å². The van der Waals surface area contributed by atoms with Crippen LogP contribution in [0.4, 0.5) is 0 Å². The monoisotopic (exact) mass is 857 g/mol. The van der Waals surface area contributed by atoms with Crippen LogP contribution in [0.1, 0.15) is 173 Å². The molecule has 5 fully saturated rings. The van der Waals surface area contributed by atoms with Crippen molar-refractivity contribution in [3.8, 4) is 23.0 Å². The van der Waals surface area contributed by atoms with Gasteiger partial charge in [-0.15, -0.1) is 0 Å². The summed E-state index contributed by atoms with van der Waals surface area (Å²) in [5.74, 6) is 2.32. The van der Waals surface area contributed by atoms with Gasteiger partial charge in [-0.1, -0.05) is 87.5 Å². The van der Waals surface area contributed by atoms with E-state index in [-0.39, 0.29) is 85.0 Å². The van der Waals surface area contributed by atoms with Gasteiger partial charge < -0.3 is 24.8 Å². The van der Waals surface area contributed by atoms with E-state index in [2.05, 4.69) is 93.5 Å². The fourth-order valence-electron chi connectivity index (χ4n) is 18.3. The molecule has 0 aromatic heterocycles. The lowest BCUT2D eigenvalue weighted by Gasteiger charge is -2.72. The first kappa shape index (κ1) is 42.1. The van der Waals surface area contributed by atoms with Crippen molar-refractivity contribution in [2.45, 2.75) is 171 Å². The fraction of sp³-hybridized carbons (Fsp3) is 0.679. The molecule has 9 aliphatic rings. The predicted octanol–water partition coefficient (Wildman–Crippen LogP) is 11.9. The van der Waals surface area contributed by atoms with E-state index >= 15 is 0 Å². The summed E-state index contributed by atoms with van der Waals surface area (Å²) in [6.45, 7) is 27.7. The second-order valence-electron chi connectivity index (χ2n) is 25.1. The summed E-state index contributed by atoms with van der Waals surface area (Å²) in [6.07, 6.45) is 14.4. The molecule has 0 saturated heterocycles. The zero-order valence-corrected chi connectivity index (χ0v) is 40.1. The van der Waals surface area contributed by atoms with Gasteiger partial charge in [-0.05, 0) is 145 Å². The number of aromatic hydroxyl groups is 2. The second kappa shape index (κ2) is 12.4. The van der Waals surface area contributed by atoms with Crippen molar-refractivity contribution in [3.05, 3.63) is 57.7 Å². The molecule has 0 bridgehead atoms. The number of phenolic OH excluding ortho intramolecular Hbond substituents is 2. The van der Waals surface area contributed by atoms with Gasteiger partial charge in [-0.25, -0.2) is 0 Å². The first-order chi connectivity index (χ1) is 29.3. The third kappa shape index (κ3) is 4.68. The number of aliphatic hydroxyl groups is 1. The van der Waals surface area contributed by atoms with E-state index < -0.39 is 17.6 Å². The van der Waals surface area contributed by atoms with Gasteiger partial charge in [-0.2, -0.15) is 0 Å². The van der Waals surface area contributed by atoms with Crippen LogP contribution in [0.3, 0.4) is 0 Å². The van der Waals surface area contributed by atoms with E-state index in [0.717, 1.165) is 91.5 Å². The molecule has 338 valence electrons. The van der Waals surface area contributed by atoms with Crippen LogP contribution in [0, 0.1) is 81.3 Å². The number of carbonyl (C=O) groups excluding carboxylic acids is 2. The summed E-state index contributed by atoms with van der Waals surface area (Å²) >= 11 is 0. The molecule has 0 unspecified atom stereocenters. The summed E-state index contributed by atoms with van der Waals surface area (Å²) in [4.78, 5) is 26.6. The van der Waals surface area contributed by atoms with Gasteiger partial charge in [0.05, 0.1) is 0 Å². The average molecular weight is 857 g/mol. The van der Waals surface area contributed by atoms with Crippen molar-refractivity contribution < 1.29 is 34.4 Å². The molecule has 8 aliphatic carbocycles. The van der Waals surface area contributed by atoms with E-state index in [1.165, 1.54) is 11.1 Å². The van der Waals surface area contributed by atoms with Gasteiger partial charge in [0.1, 0.15) is 18.0 Å². The number of carbonyl (C=O) groups is 2. The number of Topliss-reactive ketones (excluding diaryl/α,β-unsaturated/α-hetero) is 2. The topological polar surface area (TPSA) is 113 Å². The van der Waals surface area contributed by atoms with Crippen LogP contribution in [-0.4, -0.2) is 39.1 Å². The minimum atomic E-state index is -0.923. The molecule has 7 heteroatoms. The van der Waals surface area contributed by atoms with Crippen LogP contribution in [0.5, 0.6) is 23.0 Å². The molecular weight excluding hydrogens is 785 g/mol. The molecule has 0 spiro atoms. The number of fused-ring (bicyclic) bond motifs is 18. The van der Waals surface area contributed by atoms with E-state index in [4.69, 9.17) is 9.47 Å². The molecule has 16 atom stereocenters. The van der Waals surface area contributed by atoms with Gasteiger partial charge in [-0.3, -0.25) is 9.59 Å². The predicted molar refractivity (Wildman–Crippen MR) is 246 cm³/mol. The smallest absolute Gasteiger partial charge is 0.165 e. The molecule has 3 N–H and O–H groups in total. The lowest BCUT2D eigenvalue weighted by molar-refractivity contribution is -0.230. The molecule has 1 heterocycles. The number of hydrogen-bond acceptors (Lipinski definition) is 7. The van der Waals surface area contributed by atoms with Crippen molar-refractivity contribution in [2.75, 3.05) is 0 Å². The molecule has 5 saturated carbocycles. The fourth-order valence-corrected chi connectivity index (χ4v) is 18.3. The average Bonchev–Trinajstić information content (AvgIpc) is 3.23. The molecule has 2 aromatic rings. The maximum Gasteiger partial charge on any atom is 0.165 e. The highest BCUT2D eigenvalue weighted by molar-refractivity contribution is 5.89. The first-order valence-corrected chi connectivity index (χ1v) is 24.6. The van der Waals surface area contributed by atoms with Crippen LogP contribution < -0.4 is 9.47 Å². The summed E-state index contributed by atoms with van der Waals surface area (Å²) in [6, 6.07) is 4.13. The molecule has 11 rings (SSSR count). The second-order valence-corrected chi connectivity index (χ2v) is 25.1. The molecule has 7 nitrogen and oxygen atoms in total. The van der Waals surface area contributed by atoms with Gasteiger partial charge >= 0.3 is 0 Å². The molecular formula is C56H72O7. The van der Waals surface area contributed by atoms with Crippen LogP contribution in [0.2, 0.25) is 0 Å². The maximum absolute atomic E-state index is 13.3. The number of aliphatic hydroxyl groups excluding tert-OH is 1. The molecule has 2 aromatic carbocycles. The number of allylic oxidation sites excluding steroid dienone is 3. The number of benzene rings is 2. The number of ketones is 2. The van der Waals surface area contributed by atoms with Crippen molar-refractivity contribution in [1.29, 1.82) is 0 Å². The Bertz CT molecular complexity index is 2500. The Labute approximate surface area is 375 Å². The summed E-state index contributed by atoms with van der Waals surface area (Å²) in [7, 11) is 0. The minimum absolute atomic E-state index is 0.0103. The minimum Gasteiger partial charge on any atom is -0.504 e. The molecule has 63 heavy (non-hydrogen) atoms. The highest BCUT2D eigenvalue weighted by atomic mass is 16.6. The van der Waals surface area contributed by atoms with E-state index in [0.29, 0.717) is 23.7 Å². The number of phenols is 2. The highest BCUT2D eigenvalue weighted by Gasteiger charge is 2.73. The SMILES string of the molecule is Cc1c2c(cc3c1O[C@H]1c4c(cc(O)c(O)c4C)[C@]4(C)CC[C@@]5(C)[C@@H]6C[C@@H](C)C(=O)C[C@]6(C)CC[C@]5(C)[C@H]4[C@@H]1O3)C1=CC[C@@]3(C)[C@@H]4C[C@@H](C)C(=O)[C@@H](O)[C@]4(C)CC[C@]3(C)[C@]1(C)C=C2. The Hall–Kier alpha value is -3.58. The van der Waals surface area contributed by atoms with Gasteiger partial charge in [0.15, 0.2) is 34.9 Å². The molecule has 1 aliphatic heterocycles. The van der Waals surface area contributed by atoms with E-state index in [1.807, 2.05) is 19.9 Å². The van der Waals surface area contributed by atoms with Gasteiger partial charge in [0.2, 0.25) is 0 Å². The largest absolute Gasteiger partial charge is 0.504 e. The van der Waals surface area contributed by atoms with Crippen LogP contribution in [0.15, 0.2) is 24.3 Å². The lowest BCUT2D eigenvalue weighted by Crippen LogP contribution is -2.69. The highest BCUT2D eigenvalue weighted by Crippen LogP contribution is 2.78. The third-order valence-corrected chi connectivity index (χ3v) is 22.8. The standard InChI is InChI=1S/C56H72O7/c1-28-23-39-49(5,27-37(28)58)17-20-55(11)47-46-45(41-31(4)43(60)36(57)26-35(41)50(47,6)18-21-53(39,55)9)63-44-30(3)32-13-15-52(8)34(33(32)25-38(44)62-46)14-16-54(10)40-24-29(2)42(59)48(61)51(40,7)19-22-56(52,54)12/h13-15,25-26,28-29,39-40,45-48,57,60-61H,16-24,27H2,1-12H3/t28-,29-,39-,40-,45+,46-,47+,48-,49+,50+,51-,52-,53+,54+,55-,56-/m1/s1. The Morgan fingerprint density at radius 1 is 0.762 bits per heavy atom. The Morgan fingerprint density at radius 3 is 2.19 bits per heavy atom. The zero-order valence-electron chi connectivity index (χ0n) is 40.1. The number of rotatable bonds is 0. The van der Waals surface area contributed by atoms with Crippen LogP contribution >= 0.6 is 0 Å². The first-order valence-electron chi connectivity index (χ1n) is 24.6.